The second kappa shape index (κ2) is 9.09. The van der Waals surface area contributed by atoms with E-state index in [1.54, 1.807) is 25.3 Å². The number of benzene rings is 1. The van der Waals surface area contributed by atoms with Crippen molar-refractivity contribution in [1.29, 1.82) is 0 Å². The van der Waals surface area contributed by atoms with Gasteiger partial charge in [0, 0.05) is 37.7 Å². The van der Waals surface area contributed by atoms with E-state index in [0.29, 0.717) is 43.8 Å². The van der Waals surface area contributed by atoms with Crippen LogP contribution in [0.4, 0.5) is 0 Å². The van der Waals surface area contributed by atoms with Crippen LogP contribution in [0.15, 0.2) is 41.6 Å². The maximum absolute atomic E-state index is 13.3. The van der Waals surface area contributed by atoms with Crippen molar-refractivity contribution < 1.29 is 13.8 Å². The van der Waals surface area contributed by atoms with Gasteiger partial charge in [-0.1, -0.05) is 12.0 Å². The van der Waals surface area contributed by atoms with Crippen molar-refractivity contribution in [2.45, 2.75) is 57.4 Å². The Morgan fingerprint density at radius 1 is 1.06 bits per heavy atom. The van der Waals surface area contributed by atoms with E-state index in [0.717, 1.165) is 22.3 Å². The topological polar surface area (TPSA) is 67.3 Å². The van der Waals surface area contributed by atoms with Crippen molar-refractivity contribution in [1.82, 2.24) is 9.29 Å². The number of nitrogens with zero attached hydrogens (tertiary/aromatic N) is 2. The molecule has 32 heavy (non-hydrogen) atoms. The number of piperidine rings is 1. The van der Waals surface area contributed by atoms with Crippen LogP contribution in [0.1, 0.15) is 60.8 Å². The molecule has 1 aliphatic carbocycles. The zero-order valence-corrected chi connectivity index (χ0v) is 19.6. The highest BCUT2D eigenvalue weighted by molar-refractivity contribution is 7.82. The summed E-state index contributed by atoms with van der Waals surface area (Å²) < 4.78 is 14.7. The predicted octanol–water partition coefficient (Wildman–Crippen LogP) is 3.89. The number of Topliss-reactive ketones (excluding diaryl/α,β-unsaturated/α-hetero) is 2. The van der Waals surface area contributed by atoms with E-state index in [9.17, 15) is 13.8 Å². The highest BCUT2D eigenvalue weighted by atomic mass is 32.2. The van der Waals surface area contributed by atoms with Crippen LogP contribution in [0.25, 0.3) is 0 Å². The van der Waals surface area contributed by atoms with Crippen LogP contribution >= 0.6 is 0 Å². The second-order valence-electron chi connectivity index (χ2n) is 8.96. The zero-order chi connectivity index (χ0) is 22.9. The van der Waals surface area contributed by atoms with Crippen LogP contribution < -0.4 is 0 Å². The van der Waals surface area contributed by atoms with E-state index in [4.69, 9.17) is 0 Å². The molecule has 2 heterocycles. The minimum atomic E-state index is -1.31. The van der Waals surface area contributed by atoms with Crippen LogP contribution in [-0.2, 0) is 20.6 Å². The lowest BCUT2D eigenvalue weighted by Crippen LogP contribution is -2.47. The minimum absolute atomic E-state index is 0.0149. The highest BCUT2D eigenvalue weighted by Crippen LogP contribution is 2.47. The molecule has 5 nitrogen and oxygen atoms in total. The number of rotatable bonds is 3. The molecule has 2 aliphatic rings. The van der Waals surface area contributed by atoms with Crippen molar-refractivity contribution in [2.75, 3.05) is 13.1 Å². The summed E-state index contributed by atoms with van der Waals surface area (Å²) in [6, 6.07) is 9.33. The van der Waals surface area contributed by atoms with Gasteiger partial charge in [0.1, 0.15) is 33.5 Å². The Morgan fingerprint density at radius 2 is 1.69 bits per heavy atom. The van der Waals surface area contributed by atoms with Gasteiger partial charge >= 0.3 is 0 Å². The molecule has 0 amide bonds. The lowest BCUT2D eigenvalue weighted by molar-refractivity contribution is -0.138. The molecule has 1 aliphatic heterocycles. The van der Waals surface area contributed by atoms with Gasteiger partial charge in [-0.25, -0.2) is 13.5 Å². The summed E-state index contributed by atoms with van der Waals surface area (Å²) in [5.41, 5.74) is 3.35. The van der Waals surface area contributed by atoms with Crippen LogP contribution in [-0.4, -0.2) is 38.2 Å². The quantitative estimate of drug-likeness (QED) is 0.528. The van der Waals surface area contributed by atoms with Gasteiger partial charge in [0.2, 0.25) is 0 Å². The van der Waals surface area contributed by atoms with Gasteiger partial charge in [-0.2, -0.15) is 0 Å². The van der Waals surface area contributed by atoms with Crippen molar-refractivity contribution in [3.05, 3.63) is 58.8 Å². The summed E-state index contributed by atoms with van der Waals surface area (Å²) in [6.45, 7) is 6.90. The third-order valence-electron chi connectivity index (χ3n) is 6.73. The monoisotopic (exact) mass is 448 g/mol. The summed E-state index contributed by atoms with van der Waals surface area (Å²) in [6.07, 6.45) is 3.84. The lowest BCUT2D eigenvalue weighted by atomic mass is 9.63. The number of hydrogen-bond acceptors (Lipinski definition) is 4. The highest BCUT2D eigenvalue weighted by Gasteiger charge is 2.48. The Balaban J connectivity index is 1.49. The molecule has 1 saturated heterocycles. The van der Waals surface area contributed by atoms with Crippen molar-refractivity contribution >= 4 is 22.6 Å². The van der Waals surface area contributed by atoms with Gasteiger partial charge in [-0.15, -0.1) is 5.92 Å². The molecule has 2 aromatic rings. The number of hydrogen-bond donors (Lipinski definition) is 0. The van der Waals surface area contributed by atoms with E-state index in [2.05, 4.69) is 16.8 Å². The first-order chi connectivity index (χ1) is 15.3. The van der Waals surface area contributed by atoms with Crippen molar-refractivity contribution in [2.24, 2.45) is 5.41 Å². The molecule has 1 unspecified atom stereocenters. The number of pyridine rings is 1. The first-order valence-corrected chi connectivity index (χ1v) is 12.1. The Kier molecular flexibility index (Phi) is 6.41. The largest absolute Gasteiger partial charge is 0.299 e. The van der Waals surface area contributed by atoms with Crippen LogP contribution in [0.5, 0.6) is 0 Å². The Morgan fingerprint density at radius 3 is 2.22 bits per heavy atom. The summed E-state index contributed by atoms with van der Waals surface area (Å²) in [5.74, 6) is 5.32. The number of aromatic nitrogens is 1. The van der Waals surface area contributed by atoms with Gasteiger partial charge in [-0.3, -0.25) is 9.59 Å². The van der Waals surface area contributed by atoms with Crippen LogP contribution in [0.3, 0.4) is 0 Å². The molecule has 0 bridgehead atoms. The number of ketones is 2. The average molecular weight is 449 g/mol. The second-order valence-corrected chi connectivity index (χ2v) is 10.4. The van der Waals surface area contributed by atoms with Gasteiger partial charge in [0.15, 0.2) is 0 Å². The smallest absolute Gasteiger partial charge is 0.148 e. The maximum Gasteiger partial charge on any atom is 0.148 e. The van der Waals surface area contributed by atoms with E-state index < -0.39 is 16.9 Å². The molecule has 1 atom stereocenters. The van der Waals surface area contributed by atoms with Crippen LogP contribution in [0.2, 0.25) is 0 Å². The third kappa shape index (κ3) is 4.32. The fourth-order valence-corrected chi connectivity index (χ4v) is 6.34. The molecule has 1 spiro atoms. The van der Waals surface area contributed by atoms with Gasteiger partial charge in [-0.05, 0) is 80.0 Å². The average Bonchev–Trinajstić information content (AvgIpc) is 2.76. The van der Waals surface area contributed by atoms with Crippen LogP contribution in [0, 0.1) is 31.1 Å². The molecule has 1 aromatic carbocycles. The molecule has 0 N–H and O–H groups in total. The van der Waals surface area contributed by atoms with E-state index in [1.807, 2.05) is 36.4 Å². The normalized spacial score (nSPS) is 20.1. The number of carbonyl (C=O) groups is 2. The zero-order valence-electron chi connectivity index (χ0n) is 18.8. The molecule has 4 rings (SSSR count). The third-order valence-corrected chi connectivity index (χ3v) is 8.16. The molecular weight excluding hydrogens is 420 g/mol. The summed E-state index contributed by atoms with van der Waals surface area (Å²) in [4.78, 5) is 30.8. The first kappa shape index (κ1) is 22.6. The van der Waals surface area contributed by atoms with Gasteiger partial charge in [0.05, 0.1) is 0 Å². The molecular formula is C26H28N2O3S. The number of carbonyl (C=O) groups excluding carboxylic acids is 2. The van der Waals surface area contributed by atoms with E-state index >= 15 is 0 Å². The molecule has 0 radical (unpaired) electrons. The molecule has 6 heteroatoms. The Hall–Kier alpha value is -2.62. The molecule has 1 saturated carbocycles. The Labute approximate surface area is 192 Å². The first-order valence-electron chi connectivity index (χ1n) is 11.0. The van der Waals surface area contributed by atoms with E-state index in [1.165, 1.54) is 0 Å². The standard InChI is InChI=1S/C26H28N2O3S/c1-4-7-20-14-18(2)24(19(3)15-20)25-21(29)16-26(17-22(25)30)9-12-28(13-10-26)32(31)23-8-5-6-11-27-23/h5-6,8,11,14-15,25H,9-10,12-13,16-17H2,1-3H3. The fraction of sp³-hybridized carbons (Fsp3) is 0.423. The summed E-state index contributed by atoms with van der Waals surface area (Å²) in [5, 5.41) is 0.543. The predicted molar refractivity (Wildman–Crippen MR) is 124 cm³/mol. The number of aryl methyl sites for hydroxylation is 2. The summed E-state index contributed by atoms with van der Waals surface area (Å²) >= 11 is 0. The molecule has 166 valence electrons. The van der Waals surface area contributed by atoms with Gasteiger partial charge in [0.25, 0.3) is 0 Å². The van der Waals surface area contributed by atoms with E-state index in [-0.39, 0.29) is 17.0 Å². The fourth-order valence-electron chi connectivity index (χ4n) is 5.22. The summed E-state index contributed by atoms with van der Waals surface area (Å²) in [7, 11) is -1.31. The van der Waals surface area contributed by atoms with Crippen molar-refractivity contribution in [3.8, 4) is 11.8 Å². The minimum Gasteiger partial charge on any atom is -0.299 e. The van der Waals surface area contributed by atoms with Gasteiger partial charge < -0.3 is 0 Å². The molecule has 1 aromatic heterocycles. The lowest BCUT2D eigenvalue weighted by Gasteiger charge is -2.44. The molecule has 2 fully saturated rings. The van der Waals surface area contributed by atoms with Crippen molar-refractivity contribution in [3.63, 3.8) is 0 Å². The SMILES string of the molecule is CC#Cc1cc(C)c(C2C(=O)CC3(CCN(S(=O)c4ccccn4)CC3)CC2=O)c(C)c1. The maximum atomic E-state index is 13.3. The Bertz CT molecular complexity index is 1100.